The van der Waals surface area contributed by atoms with E-state index >= 15 is 0 Å². The maximum Gasteiger partial charge on any atom is 0.326 e. The van der Waals surface area contributed by atoms with Crippen molar-refractivity contribution < 1.29 is 19.1 Å². The van der Waals surface area contributed by atoms with E-state index in [1.165, 1.54) is 27.8 Å². The first-order valence-corrected chi connectivity index (χ1v) is 9.17. The minimum absolute atomic E-state index is 0.00212. The fourth-order valence-corrected chi connectivity index (χ4v) is 4.53. The van der Waals surface area contributed by atoms with E-state index in [2.05, 4.69) is 10.3 Å². The number of aromatic nitrogens is 3. The molecule has 1 amide bonds. The summed E-state index contributed by atoms with van der Waals surface area (Å²) in [6, 6.07) is 3.27. The molecule has 3 unspecified atom stereocenters. The smallest absolute Gasteiger partial charge is 0.326 e. The molecule has 0 radical (unpaired) electrons. The van der Waals surface area contributed by atoms with Crippen LogP contribution in [-0.4, -0.2) is 49.5 Å². The van der Waals surface area contributed by atoms with E-state index < -0.39 is 23.7 Å². The molecule has 27 heavy (non-hydrogen) atoms. The molecule has 1 saturated carbocycles. The molecular formula is C18H18ClFN4O3. The van der Waals surface area contributed by atoms with Gasteiger partial charge in [-0.15, -0.1) is 5.10 Å². The number of fused-ring (bicyclic) bond motifs is 1. The van der Waals surface area contributed by atoms with Gasteiger partial charge in [-0.05, 0) is 49.8 Å². The van der Waals surface area contributed by atoms with Crippen molar-refractivity contribution in [2.24, 2.45) is 11.8 Å². The van der Waals surface area contributed by atoms with Crippen molar-refractivity contribution in [3.05, 3.63) is 40.4 Å². The fraction of sp³-hybridized carbons (Fsp3) is 0.444. The normalized spacial score (nSPS) is 24.3. The molecule has 142 valence electrons. The summed E-state index contributed by atoms with van der Waals surface area (Å²) in [4.78, 5) is 26.2. The molecule has 2 aromatic rings. The Bertz CT molecular complexity index is 931. The van der Waals surface area contributed by atoms with Crippen LogP contribution in [0.2, 0.25) is 5.02 Å². The van der Waals surface area contributed by atoms with E-state index in [1.54, 1.807) is 6.92 Å². The molecule has 1 aliphatic heterocycles. The molecule has 4 rings (SSSR count). The molecule has 7 nitrogen and oxygen atoms in total. The van der Waals surface area contributed by atoms with Crippen LogP contribution in [0.5, 0.6) is 0 Å². The molecule has 9 heteroatoms. The first-order chi connectivity index (χ1) is 12.9. The Labute approximate surface area is 159 Å². The van der Waals surface area contributed by atoms with Gasteiger partial charge in [0.2, 0.25) is 0 Å². The second-order valence-electron chi connectivity index (χ2n) is 7.13. The minimum Gasteiger partial charge on any atom is -0.480 e. The van der Waals surface area contributed by atoms with Crippen molar-refractivity contribution in [1.82, 2.24) is 19.9 Å². The van der Waals surface area contributed by atoms with Gasteiger partial charge in [0, 0.05) is 6.54 Å². The zero-order chi connectivity index (χ0) is 19.3. The lowest BCUT2D eigenvalue weighted by Gasteiger charge is -2.23. The second-order valence-corrected chi connectivity index (χ2v) is 7.54. The highest BCUT2D eigenvalue weighted by atomic mass is 35.5. The Morgan fingerprint density at radius 3 is 2.81 bits per heavy atom. The van der Waals surface area contributed by atoms with Gasteiger partial charge in [0.05, 0.1) is 16.4 Å². The number of likely N-dealkylation sites (tertiary alicyclic amines) is 1. The summed E-state index contributed by atoms with van der Waals surface area (Å²) in [6.07, 6.45) is 2.77. The molecule has 1 saturated heterocycles. The van der Waals surface area contributed by atoms with Crippen LogP contribution >= 0.6 is 11.6 Å². The number of aliphatic carboxylic acids is 1. The molecule has 1 N–H and O–H groups in total. The average molecular weight is 393 g/mol. The molecule has 1 aromatic carbocycles. The van der Waals surface area contributed by atoms with Gasteiger partial charge >= 0.3 is 5.97 Å². The lowest BCUT2D eigenvalue weighted by atomic mass is 9.94. The summed E-state index contributed by atoms with van der Waals surface area (Å²) in [6.45, 7) is 2.09. The summed E-state index contributed by atoms with van der Waals surface area (Å²) in [7, 11) is 0. The monoisotopic (exact) mass is 392 g/mol. The number of rotatable bonds is 3. The van der Waals surface area contributed by atoms with Gasteiger partial charge in [-0.1, -0.05) is 23.2 Å². The van der Waals surface area contributed by atoms with Crippen LogP contribution in [0.3, 0.4) is 0 Å². The van der Waals surface area contributed by atoms with Crippen molar-refractivity contribution in [2.75, 3.05) is 6.54 Å². The van der Waals surface area contributed by atoms with Gasteiger partial charge < -0.3 is 10.0 Å². The van der Waals surface area contributed by atoms with Crippen molar-refractivity contribution in [2.45, 2.75) is 32.2 Å². The number of carbonyl (C=O) groups is 2. The van der Waals surface area contributed by atoms with Crippen LogP contribution in [0, 0.1) is 24.6 Å². The SMILES string of the molecule is Cc1c(C(=O)N2CC3CCCC3C2C(=O)O)nnn1-c1ccc(F)c(Cl)c1. The van der Waals surface area contributed by atoms with Gasteiger partial charge in [0.25, 0.3) is 5.91 Å². The number of halogens is 2. The zero-order valence-corrected chi connectivity index (χ0v) is 15.4. The van der Waals surface area contributed by atoms with E-state index in [-0.39, 0.29) is 22.6 Å². The Morgan fingerprint density at radius 2 is 2.11 bits per heavy atom. The molecular weight excluding hydrogens is 375 g/mol. The Hall–Kier alpha value is -2.48. The minimum atomic E-state index is -0.979. The maximum atomic E-state index is 13.4. The standard InChI is InChI=1S/C18H18ClFN4O3/c1-9-15(21-22-24(9)11-5-6-14(20)13(19)7-11)17(25)23-8-10-3-2-4-12(10)16(23)18(26)27/h5-7,10,12,16H,2-4,8H2,1H3,(H,26,27). The largest absolute Gasteiger partial charge is 0.480 e. The highest BCUT2D eigenvalue weighted by molar-refractivity contribution is 6.30. The van der Waals surface area contributed by atoms with Gasteiger partial charge in [0.15, 0.2) is 5.69 Å². The number of hydrogen-bond acceptors (Lipinski definition) is 4. The van der Waals surface area contributed by atoms with Gasteiger partial charge in [0.1, 0.15) is 11.9 Å². The van der Waals surface area contributed by atoms with Crippen LogP contribution in [0.4, 0.5) is 4.39 Å². The zero-order valence-electron chi connectivity index (χ0n) is 14.6. The number of hydrogen-bond donors (Lipinski definition) is 1. The quantitative estimate of drug-likeness (QED) is 0.867. The average Bonchev–Trinajstić information content (AvgIpc) is 3.30. The third-order valence-corrected chi connectivity index (χ3v) is 5.94. The molecule has 2 fully saturated rings. The predicted octanol–water partition coefficient (Wildman–Crippen LogP) is 2.69. The highest BCUT2D eigenvalue weighted by Crippen LogP contribution is 2.42. The number of carboxylic acids is 1. The Kier molecular flexibility index (Phi) is 4.38. The third-order valence-electron chi connectivity index (χ3n) is 5.65. The summed E-state index contributed by atoms with van der Waals surface area (Å²) < 4.78 is 14.8. The van der Waals surface area contributed by atoms with Crippen molar-refractivity contribution >= 4 is 23.5 Å². The number of amides is 1. The fourth-order valence-electron chi connectivity index (χ4n) is 4.36. The second kappa shape index (κ2) is 6.60. The molecule has 2 aliphatic rings. The van der Waals surface area contributed by atoms with E-state index in [0.29, 0.717) is 17.9 Å². The molecule has 3 atom stereocenters. The number of carboxylic acid groups (broad SMARTS) is 1. The van der Waals surface area contributed by atoms with Crippen molar-refractivity contribution in [1.29, 1.82) is 0 Å². The lowest BCUT2D eigenvalue weighted by Crippen LogP contribution is -2.43. The molecule has 0 spiro atoms. The summed E-state index contributed by atoms with van der Waals surface area (Å²) in [5, 5.41) is 17.5. The van der Waals surface area contributed by atoms with E-state index in [4.69, 9.17) is 11.6 Å². The topological polar surface area (TPSA) is 88.3 Å². The van der Waals surface area contributed by atoms with Gasteiger partial charge in [-0.3, -0.25) is 4.79 Å². The van der Waals surface area contributed by atoms with Crippen LogP contribution in [0.25, 0.3) is 5.69 Å². The Balaban J connectivity index is 1.66. The summed E-state index contributed by atoms with van der Waals surface area (Å²) in [5.74, 6) is -1.75. The number of carbonyl (C=O) groups excluding carboxylic acids is 1. The summed E-state index contributed by atoms with van der Waals surface area (Å²) >= 11 is 5.82. The first-order valence-electron chi connectivity index (χ1n) is 8.80. The van der Waals surface area contributed by atoms with E-state index in [0.717, 1.165) is 19.3 Å². The third kappa shape index (κ3) is 2.88. The van der Waals surface area contributed by atoms with Crippen LogP contribution in [0.1, 0.15) is 35.4 Å². The maximum absolute atomic E-state index is 13.4. The lowest BCUT2D eigenvalue weighted by molar-refractivity contribution is -0.142. The van der Waals surface area contributed by atoms with Crippen LogP contribution in [0.15, 0.2) is 18.2 Å². The van der Waals surface area contributed by atoms with E-state index in [9.17, 15) is 19.1 Å². The van der Waals surface area contributed by atoms with E-state index in [1.807, 2.05) is 0 Å². The van der Waals surface area contributed by atoms with Crippen LogP contribution in [-0.2, 0) is 4.79 Å². The van der Waals surface area contributed by atoms with Gasteiger partial charge in [-0.2, -0.15) is 0 Å². The van der Waals surface area contributed by atoms with Crippen LogP contribution < -0.4 is 0 Å². The van der Waals surface area contributed by atoms with Gasteiger partial charge in [-0.25, -0.2) is 13.9 Å². The molecule has 0 bridgehead atoms. The highest BCUT2D eigenvalue weighted by Gasteiger charge is 2.50. The van der Waals surface area contributed by atoms with Crippen molar-refractivity contribution in [3.8, 4) is 5.69 Å². The number of benzene rings is 1. The molecule has 1 aromatic heterocycles. The number of nitrogens with zero attached hydrogens (tertiary/aromatic N) is 4. The molecule has 2 heterocycles. The Morgan fingerprint density at radius 1 is 1.33 bits per heavy atom. The predicted molar refractivity (Wildman–Crippen MR) is 94.4 cm³/mol. The first kappa shape index (κ1) is 17.9. The van der Waals surface area contributed by atoms with Crippen molar-refractivity contribution in [3.63, 3.8) is 0 Å². The molecule has 1 aliphatic carbocycles. The summed E-state index contributed by atoms with van der Waals surface area (Å²) in [5.41, 5.74) is 1.02.